The van der Waals surface area contributed by atoms with Crippen molar-refractivity contribution in [3.8, 4) is 0 Å². The normalized spacial score (nSPS) is 23.0. The van der Waals surface area contributed by atoms with E-state index >= 15 is 0 Å². The van der Waals surface area contributed by atoms with Gasteiger partial charge in [0, 0.05) is 12.6 Å². The number of carbonyl (C=O) groups excluding carboxylic acids is 1. The van der Waals surface area contributed by atoms with Crippen LogP contribution in [-0.4, -0.2) is 30.4 Å². The van der Waals surface area contributed by atoms with Crippen LogP contribution in [0, 0.1) is 11.8 Å². The van der Waals surface area contributed by atoms with Crippen LogP contribution in [0.5, 0.6) is 0 Å². The van der Waals surface area contributed by atoms with Crippen molar-refractivity contribution in [2.24, 2.45) is 11.8 Å². The minimum atomic E-state index is -0.735. The third-order valence-electron chi connectivity index (χ3n) is 10.5. The molecule has 43 heavy (non-hydrogen) atoms. The summed E-state index contributed by atoms with van der Waals surface area (Å²) in [5, 5.41) is 3.42. The van der Waals surface area contributed by atoms with Gasteiger partial charge in [-0.05, 0) is 80.6 Å². The summed E-state index contributed by atoms with van der Waals surface area (Å²) >= 11 is 0. The van der Waals surface area contributed by atoms with Crippen LogP contribution >= 0.6 is 0 Å². The van der Waals surface area contributed by atoms with Crippen molar-refractivity contribution in [2.45, 2.75) is 108 Å². The zero-order chi connectivity index (χ0) is 29.7. The first-order chi connectivity index (χ1) is 21.1. The molecule has 0 spiro atoms. The Kier molecular flexibility index (Phi) is 11.9. The molecule has 2 bridgehead atoms. The van der Waals surface area contributed by atoms with Crippen molar-refractivity contribution in [3.05, 3.63) is 108 Å². The summed E-state index contributed by atoms with van der Waals surface area (Å²) in [6.45, 7) is 1.74. The molecule has 2 aliphatic rings. The lowest BCUT2D eigenvalue weighted by Crippen LogP contribution is -2.47. The van der Waals surface area contributed by atoms with Crippen molar-refractivity contribution < 1.29 is 4.79 Å². The van der Waals surface area contributed by atoms with E-state index in [0.29, 0.717) is 18.5 Å². The Morgan fingerprint density at radius 1 is 0.698 bits per heavy atom. The molecule has 3 atom stereocenters. The fraction of sp³-hybridized carbons (Fsp3) is 0.525. The number of rotatable bonds is 7. The maximum absolute atomic E-state index is 14.8. The van der Waals surface area contributed by atoms with Crippen molar-refractivity contribution in [1.82, 2.24) is 10.2 Å². The molecular formula is C40H54N2O. The highest BCUT2D eigenvalue weighted by Gasteiger charge is 2.45. The van der Waals surface area contributed by atoms with E-state index in [1.807, 2.05) is 18.2 Å². The molecular weight excluding hydrogens is 524 g/mol. The van der Waals surface area contributed by atoms with E-state index in [1.54, 1.807) is 0 Å². The monoisotopic (exact) mass is 578 g/mol. The first-order valence-electron chi connectivity index (χ1n) is 17.3. The smallest absolute Gasteiger partial charge is 0.235 e. The maximum atomic E-state index is 14.8. The average molecular weight is 579 g/mol. The minimum Gasteiger partial charge on any atom is -0.351 e. The lowest BCUT2D eigenvalue weighted by atomic mass is 9.66. The summed E-state index contributed by atoms with van der Waals surface area (Å²) in [5.41, 5.74) is 2.62. The first kappa shape index (κ1) is 31.5. The highest BCUT2D eigenvalue weighted by molar-refractivity contribution is 5.92. The van der Waals surface area contributed by atoms with Crippen LogP contribution in [0.1, 0.15) is 107 Å². The molecule has 1 saturated heterocycles. The van der Waals surface area contributed by atoms with E-state index < -0.39 is 5.41 Å². The molecule has 3 nitrogen and oxygen atoms in total. The second-order valence-corrected chi connectivity index (χ2v) is 13.5. The Morgan fingerprint density at radius 3 is 1.88 bits per heavy atom. The van der Waals surface area contributed by atoms with Gasteiger partial charge in [-0.25, -0.2) is 0 Å². The van der Waals surface area contributed by atoms with E-state index in [-0.39, 0.29) is 5.91 Å². The molecule has 230 valence electrons. The van der Waals surface area contributed by atoms with Gasteiger partial charge in [-0.2, -0.15) is 0 Å². The quantitative estimate of drug-likeness (QED) is 0.303. The Bertz CT molecular complexity index is 1170. The van der Waals surface area contributed by atoms with Crippen LogP contribution in [-0.2, 0) is 16.8 Å². The molecule has 0 aromatic heterocycles. The third kappa shape index (κ3) is 8.60. The van der Waals surface area contributed by atoms with Gasteiger partial charge in [-0.15, -0.1) is 0 Å². The summed E-state index contributed by atoms with van der Waals surface area (Å²) in [5.74, 6) is 1.36. The van der Waals surface area contributed by atoms with Gasteiger partial charge in [0.2, 0.25) is 5.91 Å². The Morgan fingerprint density at radius 2 is 1.26 bits per heavy atom. The topological polar surface area (TPSA) is 32.3 Å². The number of hydrogen-bond acceptors (Lipinski definition) is 2. The van der Waals surface area contributed by atoms with Crippen LogP contribution in [0.3, 0.4) is 0 Å². The fourth-order valence-electron chi connectivity index (χ4n) is 8.05. The molecule has 1 amide bonds. The van der Waals surface area contributed by atoms with Gasteiger partial charge in [-0.1, -0.05) is 142 Å². The van der Waals surface area contributed by atoms with Gasteiger partial charge in [0.05, 0.1) is 5.41 Å². The van der Waals surface area contributed by atoms with Gasteiger partial charge in [0.1, 0.15) is 0 Å². The standard InChI is InChI=1S/C40H54N2O/c1-42-28-18-7-5-3-2-4-6-11-19-33-26-27-38(42)30-35(29-33)31-40(36-22-14-9-15-23-36,37-24-16-10-17-25-37)39(43)41-32-34-20-12-8-13-21-34/h8-10,12-17,20-25,33,35,38H,2-7,11,18-19,26-32H2,1H3,(H,41,43). The van der Waals surface area contributed by atoms with Crippen molar-refractivity contribution >= 4 is 5.91 Å². The van der Waals surface area contributed by atoms with Gasteiger partial charge in [0.15, 0.2) is 0 Å². The number of carbonyl (C=O) groups is 1. The summed E-state index contributed by atoms with van der Waals surface area (Å²) in [6.07, 6.45) is 18.2. The zero-order valence-electron chi connectivity index (χ0n) is 26.6. The summed E-state index contributed by atoms with van der Waals surface area (Å²) in [4.78, 5) is 17.4. The molecule has 3 heteroatoms. The van der Waals surface area contributed by atoms with E-state index in [1.165, 1.54) is 90.0 Å². The second-order valence-electron chi connectivity index (χ2n) is 13.5. The largest absolute Gasteiger partial charge is 0.351 e. The molecule has 5 rings (SSSR count). The van der Waals surface area contributed by atoms with Gasteiger partial charge < -0.3 is 10.2 Å². The van der Waals surface area contributed by atoms with Gasteiger partial charge in [-0.3, -0.25) is 4.79 Å². The summed E-state index contributed by atoms with van der Waals surface area (Å²) in [6, 6.07) is 32.2. The number of hydrogen-bond donors (Lipinski definition) is 1. The molecule has 0 radical (unpaired) electrons. The Balaban J connectivity index is 1.49. The van der Waals surface area contributed by atoms with Crippen molar-refractivity contribution in [1.29, 1.82) is 0 Å². The number of amides is 1. The van der Waals surface area contributed by atoms with E-state index in [0.717, 1.165) is 29.0 Å². The highest BCUT2D eigenvalue weighted by atomic mass is 16.2. The lowest BCUT2D eigenvalue weighted by molar-refractivity contribution is -0.126. The number of fused-ring (bicyclic) bond motifs is 3. The van der Waals surface area contributed by atoms with Gasteiger partial charge >= 0.3 is 0 Å². The number of nitrogens with zero attached hydrogens (tertiary/aromatic N) is 1. The zero-order valence-corrected chi connectivity index (χ0v) is 26.6. The molecule has 3 unspecified atom stereocenters. The highest BCUT2D eigenvalue weighted by Crippen LogP contribution is 2.44. The molecule has 1 heterocycles. The summed E-state index contributed by atoms with van der Waals surface area (Å²) < 4.78 is 0. The Hall–Kier alpha value is -2.91. The SMILES string of the molecule is CN1CCCCCCCCCCC2CCC1CC(CC(C(=O)NCc1ccccc1)(c1ccccc1)c1ccccc1)C2. The van der Waals surface area contributed by atoms with Crippen LogP contribution in [0.15, 0.2) is 91.0 Å². The minimum absolute atomic E-state index is 0.126. The van der Waals surface area contributed by atoms with E-state index in [2.05, 4.69) is 90.1 Å². The number of benzene rings is 3. The van der Waals surface area contributed by atoms with Crippen molar-refractivity contribution in [2.75, 3.05) is 13.6 Å². The molecule has 1 aliphatic carbocycles. The van der Waals surface area contributed by atoms with Crippen molar-refractivity contribution in [3.63, 3.8) is 0 Å². The molecule has 2 fully saturated rings. The maximum Gasteiger partial charge on any atom is 0.235 e. The van der Waals surface area contributed by atoms with Gasteiger partial charge in [0.25, 0.3) is 0 Å². The third-order valence-corrected chi connectivity index (χ3v) is 10.5. The summed E-state index contributed by atoms with van der Waals surface area (Å²) in [7, 11) is 2.37. The second kappa shape index (κ2) is 16.2. The first-order valence-corrected chi connectivity index (χ1v) is 17.3. The van der Waals surface area contributed by atoms with Crippen LogP contribution in [0.25, 0.3) is 0 Å². The predicted octanol–water partition coefficient (Wildman–Crippen LogP) is 9.31. The molecule has 1 N–H and O–H groups in total. The van der Waals surface area contributed by atoms with Crippen LogP contribution in [0.2, 0.25) is 0 Å². The van der Waals surface area contributed by atoms with Crippen LogP contribution < -0.4 is 5.32 Å². The molecule has 1 saturated carbocycles. The average Bonchev–Trinajstić information content (AvgIpc) is 3.26. The van der Waals surface area contributed by atoms with Crippen LogP contribution in [0.4, 0.5) is 0 Å². The molecule has 1 aliphatic heterocycles. The Labute approximate surface area is 261 Å². The predicted molar refractivity (Wildman–Crippen MR) is 180 cm³/mol. The molecule has 3 aromatic carbocycles. The van der Waals surface area contributed by atoms with E-state index in [9.17, 15) is 4.79 Å². The lowest BCUT2D eigenvalue weighted by Gasteiger charge is -2.38. The number of nitrogens with one attached hydrogen (secondary N) is 1. The fourth-order valence-corrected chi connectivity index (χ4v) is 8.05. The van der Waals surface area contributed by atoms with E-state index in [4.69, 9.17) is 0 Å². The molecule has 3 aromatic rings.